The summed E-state index contributed by atoms with van der Waals surface area (Å²) in [4.78, 5) is 25.2. The molecule has 9 heteroatoms. The van der Waals surface area contributed by atoms with Crippen LogP contribution in [0.25, 0.3) is 11.2 Å². The lowest BCUT2D eigenvalue weighted by Gasteiger charge is -2.36. The van der Waals surface area contributed by atoms with E-state index in [4.69, 9.17) is 4.52 Å². The Balaban J connectivity index is 1.34. The van der Waals surface area contributed by atoms with E-state index in [1.807, 2.05) is 0 Å². The number of imidazole rings is 1. The molecule has 4 heterocycles. The number of nitrogens with zero attached hydrogens (tertiary/aromatic N) is 7. The molecule has 1 saturated heterocycles. The fourth-order valence-corrected chi connectivity index (χ4v) is 3.65. The molecule has 0 amide bonds. The van der Waals surface area contributed by atoms with Crippen LogP contribution in [0, 0.1) is 5.92 Å². The van der Waals surface area contributed by atoms with Gasteiger partial charge in [0.2, 0.25) is 5.89 Å². The maximum Gasteiger partial charge on any atom is 0.226 e. The predicted octanol–water partition coefficient (Wildman–Crippen LogP) is 2.04. The monoisotopic (exact) mass is 370 g/mol. The highest BCUT2D eigenvalue weighted by molar-refractivity contribution is 5.82. The van der Waals surface area contributed by atoms with E-state index in [1.54, 1.807) is 12.7 Å². The predicted molar refractivity (Wildman–Crippen MR) is 101 cm³/mol. The molecular formula is C18H26N8O. The van der Waals surface area contributed by atoms with Gasteiger partial charge in [0.05, 0.1) is 12.9 Å². The molecule has 0 aliphatic carbocycles. The fourth-order valence-electron chi connectivity index (χ4n) is 3.65. The van der Waals surface area contributed by atoms with Gasteiger partial charge in [-0.25, -0.2) is 15.0 Å². The lowest BCUT2D eigenvalue weighted by molar-refractivity contribution is 0.193. The van der Waals surface area contributed by atoms with Gasteiger partial charge in [0.25, 0.3) is 0 Å². The summed E-state index contributed by atoms with van der Waals surface area (Å²) in [6.07, 6.45) is 6.21. The molecule has 1 fully saturated rings. The number of rotatable bonds is 6. The van der Waals surface area contributed by atoms with Crippen molar-refractivity contribution in [3.05, 3.63) is 24.4 Å². The van der Waals surface area contributed by atoms with Gasteiger partial charge in [0.1, 0.15) is 11.8 Å². The highest BCUT2D eigenvalue weighted by atomic mass is 16.5. The number of aromatic amines is 1. The third-order valence-electron chi connectivity index (χ3n) is 5.07. The molecule has 3 aromatic rings. The first-order valence-electron chi connectivity index (χ1n) is 9.51. The van der Waals surface area contributed by atoms with Crippen LogP contribution in [0.3, 0.4) is 0 Å². The van der Waals surface area contributed by atoms with Crippen LogP contribution in [-0.4, -0.2) is 61.2 Å². The van der Waals surface area contributed by atoms with Crippen molar-refractivity contribution in [1.82, 2.24) is 35.0 Å². The summed E-state index contributed by atoms with van der Waals surface area (Å²) in [6, 6.07) is 0.493. The van der Waals surface area contributed by atoms with Crippen LogP contribution in [-0.2, 0) is 13.0 Å². The molecule has 144 valence electrons. The van der Waals surface area contributed by atoms with Crippen molar-refractivity contribution in [2.75, 3.05) is 25.0 Å². The van der Waals surface area contributed by atoms with E-state index in [-0.39, 0.29) is 0 Å². The molecule has 9 nitrogen and oxygen atoms in total. The Labute approximate surface area is 158 Å². The summed E-state index contributed by atoms with van der Waals surface area (Å²) >= 11 is 0. The van der Waals surface area contributed by atoms with E-state index < -0.39 is 0 Å². The van der Waals surface area contributed by atoms with Crippen molar-refractivity contribution < 1.29 is 4.52 Å². The van der Waals surface area contributed by atoms with Crippen LogP contribution in [0.15, 0.2) is 17.2 Å². The first-order valence-corrected chi connectivity index (χ1v) is 9.51. The van der Waals surface area contributed by atoms with Gasteiger partial charge in [-0.1, -0.05) is 19.0 Å². The molecule has 1 aliphatic heterocycles. The molecule has 1 N–H and O–H groups in total. The van der Waals surface area contributed by atoms with Gasteiger partial charge in [0, 0.05) is 25.6 Å². The Hall–Kier alpha value is -2.55. The number of fused-ring (bicyclic) bond motifs is 1. The summed E-state index contributed by atoms with van der Waals surface area (Å²) in [5, 5.41) is 4.13. The number of hydrogen-bond acceptors (Lipinski definition) is 8. The van der Waals surface area contributed by atoms with Crippen molar-refractivity contribution in [3.63, 3.8) is 0 Å². The van der Waals surface area contributed by atoms with Gasteiger partial charge in [0.15, 0.2) is 17.3 Å². The summed E-state index contributed by atoms with van der Waals surface area (Å²) < 4.78 is 5.35. The SMILES string of the molecule is CC(C)Cc1nc(CN(C)C2CCN(c3ncnc4nc[nH]c34)CC2)no1. The zero-order valence-electron chi connectivity index (χ0n) is 16.1. The minimum Gasteiger partial charge on any atom is -0.355 e. The summed E-state index contributed by atoms with van der Waals surface area (Å²) in [6.45, 7) is 6.91. The Kier molecular flexibility index (Phi) is 5.02. The molecule has 0 spiro atoms. The van der Waals surface area contributed by atoms with Crippen LogP contribution in [0.5, 0.6) is 0 Å². The summed E-state index contributed by atoms with van der Waals surface area (Å²) in [5.74, 6) is 2.96. The minimum atomic E-state index is 0.493. The van der Waals surface area contributed by atoms with E-state index >= 15 is 0 Å². The molecule has 27 heavy (non-hydrogen) atoms. The van der Waals surface area contributed by atoms with E-state index in [1.165, 1.54) is 0 Å². The minimum absolute atomic E-state index is 0.493. The molecule has 0 radical (unpaired) electrons. The highest BCUT2D eigenvalue weighted by Crippen LogP contribution is 2.25. The molecule has 4 rings (SSSR count). The van der Waals surface area contributed by atoms with Crippen LogP contribution in [0.1, 0.15) is 38.4 Å². The molecule has 1 aliphatic rings. The second-order valence-corrected chi connectivity index (χ2v) is 7.63. The van der Waals surface area contributed by atoms with Gasteiger partial charge in [-0.3, -0.25) is 4.90 Å². The zero-order chi connectivity index (χ0) is 18.8. The molecule has 0 atom stereocenters. The van der Waals surface area contributed by atoms with Crippen LogP contribution < -0.4 is 4.90 Å². The van der Waals surface area contributed by atoms with Gasteiger partial charge < -0.3 is 14.4 Å². The molecule has 0 saturated carbocycles. The van der Waals surface area contributed by atoms with Crippen molar-refractivity contribution in [3.8, 4) is 0 Å². The van der Waals surface area contributed by atoms with Gasteiger partial charge >= 0.3 is 0 Å². The molecule has 3 aromatic heterocycles. The average Bonchev–Trinajstić information content (AvgIpc) is 3.30. The van der Waals surface area contributed by atoms with Crippen LogP contribution in [0.2, 0.25) is 0 Å². The number of nitrogens with one attached hydrogen (secondary N) is 1. The number of aromatic nitrogens is 6. The van der Waals surface area contributed by atoms with E-state index in [0.717, 1.165) is 55.4 Å². The quantitative estimate of drug-likeness (QED) is 0.703. The molecule has 0 aromatic carbocycles. The normalized spacial score (nSPS) is 16.1. The number of hydrogen-bond donors (Lipinski definition) is 1. The first-order chi connectivity index (χ1) is 13.1. The van der Waals surface area contributed by atoms with Crippen molar-refractivity contribution in [2.45, 2.75) is 45.7 Å². The largest absolute Gasteiger partial charge is 0.355 e. The third kappa shape index (κ3) is 3.92. The topological polar surface area (TPSA) is 99.9 Å². The van der Waals surface area contributed by atoms with Gasteiger partial charge in [-0.05, 0) is 25.8 Å². The van der Waals surface area contributed by atoms with Gasteiger partial charge in [-0.15, -0.1) is 0 Å². The Morgan fingerprint density at radius 2 is 2.07 bits per heavy atom. The van der Waals surface area contributed by atoms with Crippen molar-refractivity contribution in [2.24, 2.45) is 5.92 Å². The van der Waals surface area contributed by atoms with Crippen molar-refractivity contribution >= 4 is 17.0 Å². The molecule has 0 unspecified atom stereocenters. The van der Waals surface area contributed by atoms with E-state index in [0.29, 0.717) is 24.2 Å². The maximum atomic E-state index is 5.35. The summed E-state index contributed by atoms with van der Waals surface area (Å²) in [5.41, 5.74) is 1.63. The third-order valence-corrected chi connectivity index (χ3v) is 5.07. The highest BCUT2D eigenvalue weighted by Gasteiger charge is 2.25. The maximum absolute atomic E-state index is 5.35. The standard InChI is InChI=1S/C18H26N8O/c1-12(2)8-15-23-14(24-27-15)9-25(3)13-4-6-26(7-5-13)18-16-17(20-10-19-16)21-11-22-18/h10-13H,4-9H2,1-3H3,(H,19,20,21,22). The number of H-pyrrole nitrogens is 1. The van der Waals surface area contributed by atoms with Crippen molar-refractivity contribution in [1.29, 1.82) is 0 Å². The van der Waals surface area contributed by atoms with E-state index in [9.17, 15) is 0 Å². The second-order valence-electron chi connectivity index (χ2n) is 7.63. The fraction of sp³-hybridized carbons (Fsp3) is 0.611. The zero-order valence-corrected chi connectivity index (χ0v) is 16.1. The second kappa shape index (κ2) is 7.59. The van der Waals surface area contributed by atoms with Crippen LogP contribution >= 0.6 is 0 Å². The molecule has 0 bridgehead atoms. The smallest absolute Gasteiger partial charge is 0.226 e. The summed E-state index contributed by atoms with van der Waals surface area (Å²) in [7, 11) is 2.14. The lowest BCUT2D eigenvalue weighted by Crippen LogP contribution is -2.43. The molecular weight excluding hydrogens is 344 g/mol. The lowest BCUT2D eigenvalue weighted by atomic mass is 10.0. The number of piperidine rings is 1. The van der Waals surface area contributed by atoms with Gasteiger partial charge in [-0.2, -0.15) is 4.98 Å². The number of anilines is 1. The van der Waals surface area contributed by atoms with Crippen LogP contribution in [0.4, 0.5) is 5.82 Å². The Bertz CT molecular complexity index is 880. The Morgan fingerprint density at radius 1 is 1.26 bits per heavy atom. The average molecular weight is 370 g/mol. The first kappa shape index (κ1) is 17.8. The van der Waals surface area contributed by atoms with E-state index in [2.05, 4.69) is 60.8 Å². The Morgan fingerprint density at radius 3 is 2.85 bits per heavy atom.